The second kappa shape index (κ2) is 6.22. The molecule has 0 aliphatic heterocycles. The highest BCUT2D eigenvalue weighted by molar-refractivity contribution is 5.46. The van der Waals surface area contributed by atoms with Gasteiger partial charge in [-0.25, -0.2) is 0 Å². The molecular formula is C16H19NO. The van der Waals surface area contributed by atoms with Crippen molar-refractivity contribution in [3.63, 3.8) is 0 Å². The lowest BCUT2D eigenvalue weighted by Crippen LogP contribution is -2.06. The summed E-state index contributed by atoms with van der Waals surface area (Å²) in [5.74, 6) is 0.186. The van der Waals surface area contributed by atoms with Crippen LogP contribution in [0.1, 0.15) is 23.5 Å². The lowest BCUT2D eigenvalue weighted by molar-refractivity contribution is 0.259. The maximum Gasteiger partial charge on any atom is 0.0499 e. The number of aryl methyl sites for hydroxylation is 1. The Morgan fingerprint density at radius 3 is 2.28 bits per heavy atom. The molecule has 18 heavy (non-hydrogen) atoms. The number of nitrogens with two attached hydrogens (primary N) is 1. The summed E-state index contributed by atoms with van der Waals surface area (Å²) in [5.41, 5.74) is 9.11. The zero-order chi connectivity index (χ0) is 12.8. The van der Waals surface area contributed by atoms with Gasteiger partial charge in [0.1, 0.15) is 0 Å². The Morgan fingerprint density at radius 2 is 1.61 bits per heavy atom. The van der Waals surface area contributed by atoms with E-state index in [4.69, 9.17) is 5.73 Å². The SMILES string of the molecule is Nc1ccccc1CCC(CO)c1ccccc1. The fraction of sp³-hybridized carbons (Fsp3) is 0.250. The van der Waals surface area contributed by atoms with Crippen LogP contribution in [0.15, 0.2) is 54.6 Å². The van der Waals surface area contributed by atoms with Gasteiger partial charge in [-0.3, -0.25) is 0 Å². The molecule has 1 unspecified atom stereocenters. The van der Waals surface area contributed by atoms with Crippen LogP contribution in [0.25, 0.3) is 0 Å². The molecule has 0 bridgehead atoms. The van der Waals surface area contributed by atoms with Crippen LogP contribution in [0.4, 0.5) is 5.69 Å². The van der Waals surface area contributed by atoms with Crippen LogP contribution in [-0.4, -0.2) is 11.7 Å². The highest BCUT2D eigenvalue weighted by Gasteiger charge is 2.10. The maximum atomic E-state index is 9.50. The van der Waals surface area contributed by atoms with Gasteiger partial charge >= 0.3 is 0 Å². The number of hydrogen-bond acceptors (Lipinski definition) is 2. The number of anilines is 1. The quantitative estimate of drug-likeness (QED) is 0.790. The number of nitrogen functional groups attached to an aromatic ring is 1. The van der Waals surface area contributed by atoms with Crippen molar-refractivity contribution in [1.82, 2.24) is 0 Å². The number of aliphatic hydroxyl groups is 1. The molecule has 94 valence electrons. The van der Waals surface area contributed by atoms with Gasteiger partial charge in [-0.15, -0.1) is 0 Å². The van der Waals surface area contributed by atoms with E-state index in [2.05, 4.69) is 18.2 Å². The number of para-hydroxylation sites is 1. The van der Waals surface area contributed by atoms with Gasteiger partial charge in [0.05, 0.1) is 0 Å². The van der Waals surface area contributed by atoms with Crippen LogP contribution in [-0.2, 0) is 6.42 Å². The molecule has 3 N–H and O–H groups in total. The van der Waals surface area contributed by atoms with E-state index in [-0.39, 0.29) is 12.5 Å². The molecule has 0 saturated carbocycles. The Bertz CT molecular complexity index is 481. The molecule has 0 radical (unpaired) electrons. The average molecular weight is 241 g/mol. The number of rotatable bonds is 5. The molecule has 2 rings (SSSR count). The van der Waals surface area contributed by atoms with Gasteiger partial charge in [-0.1, -0.05) is 48.5 Å². The van der Waals surface area contributed by atoms with E-state index >= 15 is 0 Å². The predicted octanol–water partition coefficient (Wildman–Crippen LogP) is 2.98. The number of benzene rings is 2. The third kappa shape index (κ3) is 3.11. The second-order valence-corrected chi connectivity index (χ2v) is 4.53. The molecule has 0 heterocycles. The smallest absolute Gasteiger partial charge is 0.0499 e. The topological polar surface area (TPSA) is 46.2 Å². The third-order valence-electron chi connectivity index (χ3n) is 3.31. The molecular weight excluding hydrogens is 222 g/mol. The summed E-state index contributed by atoms with van der Waals surface area (Å²) in [5, 5.41) is 9.50. The molecule has 2 heteroatoms. The van der Waals surface area contributed by atoms with Gasteiger partial charge in [0, 0.05) is 18.2 Å². The monoisotopic (exact) mass is 241 g/mol. The van der Waals surface area contributed by atoms with Crippen molar-refractivity contribution in [3.05, 3.63) is 65.7 Å². The molecule has 0 amide bonds. The van der Waals surface area contributed by atoms with Gasteiger partial charge in [-0.2, -0.15) is 0 Å². The fourth-order valence-corrected chi connectivity index (χ4v) is 2.18. The summed E-state index contributed by atoms with van der Waals surface area (Å²) >= 11 is 0. The van der Waals surface area contributed by atoms with Gasteiger partial charge in [0.2, 0.25) is 0 Å². The Morgan fingerprint density at radius 1 is 0.944 bits per heavy atom. The average Bonchev–Trinajstić information content (AvgIpc) is 2.42. The molecule has 0 spiro atoms. The van der Waals surface area contributed by atoms with Crippen molar-refractivity contribution in [2.24, 2.45) is 0 Å². The fourth-order valence-electron chi connectivity index (χ4n) is 2.18. The zero-order valence-electron chi connectivity index (χ0n) is 10.4. The van der Waals surface area contributed by atoms with E-state index < -0.39 is 0 Å². The van der Waals surface area contributed by atoms with Crippen molar-refractivity contribution in [1.29, 1.82) is 0 Å². The first kappa shape index (κ1) is 12.7. The lowest BCUT2D eigenvalue weighted by Gasteiger charge is -2.15. The van der Waals surface area contributed by atoms with Crippen LogP contribution in [0.2, 0.25) is 0 Å². The van der Waals surface area contributed by atoms with Gasteiger partial charge < -0.3 is 10.8 Å². The van der Waals surface area contributed by atoms with E-state index in [0.717, 1.165) is 24.1 Å². The molecule has 0 aliphatic rings. The minimum Gasteiger partial charge on any atom is -0.399 e. The first-order chi connectivity index (χ1) is 8.81. The largest absolute Gasteiger partial charge is 0.399 e. The Labute approximate surface area is 108 Å². The van der Waals surface area contributed by atoms with E-state index in [0.29, 0.717) is 0 Å². The summed E-state index contributed by atoms with van der Waals surface area (Å²) < 4.78 is 0. The molecule has 0 aromatic heterocycles. The summed E-state index contributed by atoms with van der Waals surface area (Å²) in [6.45, 7) is 0.177. The summed E-state index contributed by atoms with van der Waals surface area (Å²) in [7, 11) is 0. The first-order valence-electron chi connectivity index (χ1n) is 6.30. The summed E-state index contributed by atoms with van der Waals surface area (Å²) in [6, 6.07) is 18.1. The van der Waals surface area contributed by atoms with Crippen LogP contribution < -0.4 is 5.73 Å². The van der Waals surface area contributed by atoms with Crippen molar-refractivity contribution in [2.75, 3.05) is 12.3 Å². The van der Waals surface area contributed by atoms with Crippen LogP contribution in [0.5, 0.6) is 0 Å². The van der Waals surface area contributed by atoms with E-state index in [1.807, 2.05) is 36.4 Å². The number of hydrogen-bond donors (Lipinski definition) is 2. The normalized spacial score (nSPS) is 12.3. The minimum absolute atomic E-state index is 0.177. The second-order valence-electron chi connectivity index (χ2n) is 4.53. The van der Waals surface area contributed by atoms with Crippen LogP contribution in [0, 0.1) is 0 Å². The van der Waals surface area contributed by atoms with Crippen LogP contribution in [0.3, 0.4) is 0 Å². The molecule has 1 atom stereocenters. The summed E-state index contributed by atoms with van der Waals surface area (Å²) in [6.07, 6.45) is 1.81. The van der Waals surface area contributed by atoms with E-state index in [1.165, 1.54) is 5.56 Å². The standard InChI is InChI=1S/C16H19NO/c17-16-9-5-4-8-14(16)10-11-15(12-18)13-6-2-1-3-7-13/h1-9,15,18H,10-12,17H2. The van der Waals surface area contributed by atoms with Crippen molar-refractivity contribution in [2.45, 2.75) is 18.8 Å². The third-order valence-corrected chi connectivity index (χ3v) is 3.31. The Kier molecular flexibility index (Phi) is 4.37. The minimum atomic E-state index is 0.177. The highest BCUT2D eigenvalue weighted by atomic mass is 16.3. The zero-order valence-corrected chi connectivity index (χ0v) is 10.4. The van der Waals surface area contributed by atoms with Crippen molar-refractivity contribution < 1.29 is 5.11 Å². The lowest BCUT2D eigenvalue weighted by atomic mass is 9.93. The predicted molar refractivity (Wildman–Crippen MR) is 75.4 cm³/mol. The number of aliphatic hydroxyl groups excluding tert-OH is 1. The van der Waals surface area contributed by atoms with E-state index in [1.54, 1.807) is 0 Å². The van der Waals surface area contributed by atoms with Gasteiger partial charge in [-0.05, 0) is 30.0 Å². The van der Waals surface area contributed by atoms with E-state index in [9.17, 15) is 5.11 Å². The molecule has 0 aliphatic carbocycles. The Hall–Kier alpha value is -1.80. The van der Waals surface area contributed by atoms with Gasteiger partial charge in [0.15, 0.2) is 0 Å². The molecule has 2 aromatic rings. The molecule has 0 fully saturated rings. The molecule has 2 nitrogen and oxygen atoms in total. The highest BCUT2D eigenvalue weighted by Crippen LogP contribution is 2.22. The first-order valence-corrected chi connectivity index (χ1v) is 6.30. The van der Waals surface area contributed by atoms with Crippen LogP contribution >= 0.6 is 0 Å². The molecule has 0 saturated heterocycles. The van der Waals surface area contributed by atoms with Gasteiger partial charge in [0.25, 0.3) is 0 Å². The molecule has 2 aromatic carbocycles. The maximum absolute atomic E-state index is 9.50. The van der Waals surface area contributed by atoms with Crippen molar-refractivity contribution in [3.8, 4) is 0 Å². The van der Waals surface area contributed by atoms with Crippen molar-refractivity contribution >= 4 is 5.69 Å². The Balaban J connectivity index is 2.02. The summed E-state index contributed by atoms with van der Waals surface area (Å²) in [4.78, 5) is 0.